The molecule has 1 unspecified atom stereocenters. The van der Waals surface area contributed by atoms with Gasteiger partial charge in [-0.2, -0.15) is 0 Å². The molecule has 0 N–H and O–H groups in total. The third-order valence-electron chi connectivity index (χ3n) is 3.98. The summed E-state index contributed by atoms with van der Waals surface area (Å²) in [5.74, 6) is 0. The summed E-state index contributed by atoms with van der Waals surface area (Å²) in [4.78, 5) is 13.0. The van der Waals surface area contributed by atoms with Crippen molar-refractivity contribution in [1.29, 1.82) is 0 Å². The molecule has 17 heavy (non-hydrogen) atoms. The van der Waals surface area contributed by atoms with Crippen molar-refractivity contribution >= 4 is 5.69 Å². The summed E-state index contributed by atoms with van der Waals surface area (Å²) in [6, 6.07) is 5.79. The standard InChI is InChI=1S/C13H16N2O2/c16-15(17)11-5-4-10-6-8-14-7-2-1-3-13(14)12(10)9-11/h4-5,9,13H,1-3,6-8H2. The van der Waals surface area contributed by atoms with Gasteiger partial charge >= 0.3 is 0 Å². The van der Waals surface area contributed by atoms with E-state index in [2.05, 4.69) is 4.90 Å². The number of nitro groups is 1. The molecule has 1 atom stereocenters. The number of rotatable bonds is 1. The Balaban J connectivity index is 2.01. The van der Waals surface area contributed by atoms with E-state index in [1.807, 2.05) is 6.07 Å². The SMILES string of the molecule is O=[N+]([O-])c1ccc2c(c1)C1CCCCN1CC2. The van der Waals surface area contributed by atoms with Crippen LogP contribution in [0.2, 0.25) is 0 Å². The lowest BCUT2D eigenvalue weighted by Gasteiger charge is -2.40. The minimum atomic E-state index is -0.290. The molecule has 1 fully saturated rings. The first-order valence-corrected chi connectivity index (χ1v) is 6.27. The molecule has 0 spiro atoms. The summed E-state index contributed by atoms with van der Waals surface area (Å²) in [6.07, 6.45) is 4.68. The normalized spacial score (nSPS) is 23.9. The van der Waals surface area contributed by atoms with Gasteiger partial charge in [0, 0.05) is 24.7 Å². The number of fused-ring (bicyclic) bond motifs is 3. The molecule has 2 heterocycles. The predicted octanol–water partition coefficient (Wildman–Crippen LogP) is 2.68. The third kappa shape index (κ3) is 1.82. The van der Waals surface area contributed by atoms with Gasteiger partial charge in [0.05, 0.1) is 4.92 Å². The molecule has 2 aliphatic rings. The van der Waals surface area contributed by atoms with E-state index < -0.39 is 0 Å². The van der Waals surface area contributed by atoms with Crippen LogP contribution in [0.5, 0.6) is 0 Å². The van der Waals surface area contributed by atoms with Crippen LogP contribution in [0.15, 0.2) is 18.2 Å². The molecule has 2 aliphatic heterocycles. The Hall–Kier alpha value is -1.42. The molecule has 0 amide bonds. The van der Waals surface area contributed by atoms with Crippen molar-refractivity contribution in [2.24, 2.45) is 0 Å². The van der Waals surface area contributed by atoms with E-state index in [1.54, 1.807) is 12.1 Å². The van der Waals surface area contributed by atoms with Gasteiger partial charge in [-0.05, 0) is 36.9 Å². The van der Waals surface area contributed by atoms with Gasteiger partial charge in [-0.15, -0.1) is 0 Å². The summed E-state index contributed by atoms with van der Waals surface area (Å²) in [6.45, 7) is 2.25. The Kier molecular flexibility index (Phi) is 2.59. The smallest absolute Gasteiger partial charge is 0.269 e. The molecule has 4 nitrogen and oxygen atoms in total. The zero-order chi connectivity index (χ0) is 11.8. The van der Waals surface area contributed by atoms with Crippen molar-refractivity contribution in [3.05, 3.63) is 39.4 Å². The Morgan fingerprint density at radius 2 is 2.18 bits per heavy atom. The highest BCUT2D eigenvalue weighted by atomic mass is 16.6. The first-order chi connectivity index (χ1) is 8.25. The van der Waals surface area contributed by atoms with E-state index in [1.165, 1.54) is 24.0 Å². The highest BCUT2D eigenvalue weighted by molar-refractivity contribution is 5.43. The van der Waals surface area contributed by atoms with Crippen LogP contribution in [0.25, 0.3) is 0 Å². The number of non-ortho nitro benzene ring substituents is 1. The monoisotopic (exact) mass is 232 g/mol. The molecule has 1 aromatic rings. The fourth-order valence-electron chi connectivity index (χ4n) is 3.11. The second-order valence-corrected chi connectivity index (χ2v) is 4.94. The molecule has 1 saturated heterocycles. The van der Waals surface area contributed by atoms with Gasteiger partial charge in [0.25, 0.3) is 5.69 Å². The topological polar surface area (TPSA) is 46.4 Å². The van der Waals surface area contributed by atoms with E-state index in [-0.39, 0.29) is 10.6 Å². The van der Waals surface area contributed by atoms with Crippen LogP contribution in [0.1, 0.15) is 36.4 Å². The summed E-state index contributed by atoms with van der Waals surface area (Å²) in [7, 11) is 0. The van der Waals surface area contributed by atoms with Crippen LogP contribution in [-0.2, 0) is 6.42 Å². The number of piperidine rings is 1. The maximum absolute atomic E-state index is 10.8. The quantitative estimate of drug-likeness (QED) is 0.552. The van der Waals surface area contributed by atoms with Crippen molar-refractivity contribution in [3.63, 3.8) is 0 Å². The fourth-order valence-corrected chi connectivity index (χ4v) is 3.11. The molecule has 0 aromatic heterocycles. The molecule has 3 rings (SSSR count). The van der Waals surface area contributed by atoms with Crippen LogP contribution in [0, 0.1) is 10.1 Å². The maximum Gasteiger partial charge on any atom is 0.269 e. The Bertz CT molecular complexity index is 459. The molecule has 0 bridgehead atoms. The zero-order valence-electron chi connectivity index (χ0n) is 9.76. The van der Waals surface area contributed by atoms with E-state index in [9.17, 15) is 10.1 Å². The minimum Gasteiger partial charge on any atom is -0.296 e. The lowest BCUT2D eigenvalue weighted by atomic mass is 9.87. The van der Waals surface area contributed by atoms with Gasteiger partial charge in [0.15, 0.2) is 0 Å². The molecule has 0 aliphatic carbocycles. The highest BCUT2D eigenvalue weighted by Gasteiger charge is 2.30. The summed E-state index contributed by atoms with van der Waals surface area (Å²) in [5, 5.41) is 10.8. The van der Waals surface area contributed by atoms with E-state index in [4.69, 9.17) is 0 Å². The number of benzene rings is 1. The van der Waals surface area contributed by atoms with Crippen molar-refractivity contribution in [3.8, 4) is 0 Å². The molecule has 0 radical (unpaired) electrons. The van der Waals surface area contributed by atoms with Crippen molar-refractivity contribution < 1.29 is 4.92 Å². The first-order valence-electron chi connectivity index (χ1n) is 6.27. The average molecular weight is 232 g/mol. The molecule has 90 valence electrons. The molecular formula is C13H16N2O2. The molecular weight excluding hydrogens is 216 g/mol. The average Bonchev–Trinajstić information content (AvgIpc) is 2.38. The maximum atomic E-state index is 10.8. The van der Waals surface area contributed by atoms with Gasteiger partial charge in [-0.1, -0.05) is 12.5 Å². The van der Waals surface area contributed by atoms with Crippen molar-refractivity contribution in [2.45, 2.75) is 31.7 Å². The number of hydrogen-bond acceptors (Lipinski definition) is 3. The van der Waals surface area contributed by atoms with Gasteiger partial charge in [0.2, 0.25) is 0 Å². The lowest BCUT2D eigenvalue weighted by Crippen LogP contribution is -2.38. The van der Waals surface area contributed by atoms with Crippen molar-refractivity contribution in [2.75, 3.05) is 13.1 Å². The lowest BCUT2D eigenvalue weighted by molar-refractivity contribution is -0.385. The zero-order valence-corrected chi connectivity index (χ0v) is 9.76. The highest BCUT2D eigenvalue weighted by Crippen LogP contribution is 2.37. The second kappa shape index (κ2) is 4.11. The molecule has 0 saturated carbocycles. The Morgan fingerprint density at radius 1 is 1.29 bits per heavy atom. The summed E-state index contributed by atoms with van der Waals surface area (Å²) >= 11 is 0. The molecule has 1 aromatic carbocycles. The van der Waals surface area contributed by atoms with Crippen LogP contribution in [0.3, 0.4) is 0 Å². The minimum absolute atomic E-state index is 0.233. The predicted molar refractivity (Wildman–Crippen MR) is 65.0 cm³/mol. The fraction of sp³-hybridized carbons (Fsp3) is 0.538. The largest absolute Gasteiger partial charge is 0.296 e. The summed E-state index contributed by atoms with van der Waals surface area (Å²) in [5.41, 5.74) is 2.74. The van der Waals surface area contributed by atoms with Gasteiger partial charge < -0.3 is 0 Å². The Morgan fingerprint density at radius 3 is 3.00 bits per heavy atom. The van der Waals surface area contributed by atoms with Gasteiger partial charge in [-0.25, -0.2) is 0 Å². The van der Waals surface area contributed by atoms with Crippen LogP contribution in [0.4, 0.5) is 5.69 Å². The van der Waals surface area contributed by atoms with Crippen LogP contribution in [-0.4, -0.2) is 22.9 Å². The van der Waals surface area contributed by atoms with Gasteiger partial charge in [-0.3, -0.25) is 15.0 Å². The van der Waals surface area contributed by atoms with Gasteiger partial charge in [0.1, 0.15) is 0 Å². The van der Waals surface area contributed by atoms with E-state index in [0.717, 1.165) is 25.9 Å². The number of hydrogen-bond donors (Lipinski definition) is 0. The van der Waals surface area contributed by atoms with E-state index >= 15 is 0 Å². The third-order valence-corrected chi connectivity index (χ3v) is 3.98. The van der Waals surface area contributed by atoms with Crippen LogP contribution >= 0.6 is 0 Å². The Labute approximate surface area is 100 Å². The molecule has 4 heteroatoms. The van der Waals surface area contributed by atoms with Crippen LogP contribution < -0.4 is 0 Å². The summed E-state index contributed by atoms with van der Waals surface area (Å²) < 4.78 is 0. The number of nitro benzene ring substituents is 1. The number of nitrogens with zero attached hydrogens (tertiary/aromatic N) is 2. The first kappa shape index (κ1) is 10.7. The van der Waals surface area contributed by atoms with E-state index in [0.29, 0.717) is 6.04 Å². The second-order valence-electron chi connectivity index (χ2n) is 4.94. The van der Waals surface area contributed by atoms with Crippen molar-refractivity contribution in [1.82, 2.24) is 4.90 Å².